The van der Waals surface area contributed by atoms with E-state index in [4.69, 9.17) is 10.00 Å². The number of ether oxygens (including phenoxy) is 1. The first-order chi connectivity index (χ1) is 9.06. The SMILES string of the molecule is CCOC(C)(C)c1nc(-c2cccc(C#N)c2)cs1. The van der Waals surface area contributed by atoms with Gasteiger partial charge in [0, 0.05) is 17.6 Å². The Morgan fingerprint density at radius 1 is 1.42 bits per heavy atom. The molecule has 0 aliphatic carbocycles. The van der Waals surface area contributed by atoms with Gasteiger partial charge in [-0.15, -0.1) is 11.3 Å². The van der Waals surface area contributed by atoms with E-state index >= 15 is 0 Å². The molecule has 1 aromatic heterocycles. The molecule has 0 bridgehead atoms. The third-order valence-corrected chi connectivity index (χ3v) is 3.96. The van der Waals surface area contributed by atoms with Gasteiger partial charge in [0.25, 0.3) is 0 Å². The fraction of sp³-hybridized carbons (Fsp3) is 0.333. The lowest BCUT2D eigenvalue weighted by atomic mass is 10.1. The van der Waals surface area contributed by atoms with E-state index in [1.165, 1.54) is 0 Å². The van der Waals surface area contributed by atoms with Crippen LogP contribution in [0.25, 0.3) is 11.3 Å². The van der Waals surface area contributed by atoms with Crippen LogP contribution in [-0.4, -0.2) is 11.6 Å². The fourth-order valence-corrected chi connectivity index (χ4v) is 2.76. The normalized spacial score (nSPS) is 11.3. The minimum atomic E-state index is -0.371. The Kier molecular flexibility index (Phi) is 3.98. The van der Waals surface area contributed by atoms with Crippen LogP contribution < -0.4 is 0 Å². The molecule has 0 N–H and O–H groups in total. The number of thiazole rings is 1. The van der Waals surface area contributed by atoms with Gasteiger partial charge in [-0.25, -0.2) is 4.98 Å². The van der Waals surface area contributed by atoms with Gasteiger partial charge in [0.15, 0.2) is 0 Å². The van der Waals surface area contributed by atoms with E-state index in [1.807, 2.05) is 44.4 Å². The van der Waals surface area contributed by atoms with Crippen molar-refractivity contribution in [2.75, 3.05) is 6.61 Å². The van der Waals surface area contributed by atoms with Crippen LogP contribution in [0.4, 0.5) is 0 Å². The highest BCUT2D eigenvalue weighted by Gasteiger charge is 2.24. The predicted molar refractivity (Wildman–Crippen MR) is 76.9 cm³/mol. The zero-order chi connectivity index (χ0) is 13.9. The van der Waals surface area contributed by atoms with Gasteiger partial charge in [-0.1, -0.05) is 12.1 Å². The minimum absolute atomic E-state index is 0.371. The van der Waals surface area contributed by atoms with Crippen molar-refractivity contribution in [3.63, 3.8) is 0 Å². The van der Waals surface area contributed by atoms with Crippen molar-refractivity contribution in [2.45, 2.75) is 26.4 Å². The summed E-state index contributed by atoms with van der Waals surface area (Å²) in [6, 6.07) is 9.63. The predicted octanol–water partition coefficient (Wildman–Crippen LogP) is 3.95. The number of hydrogen-bond donors (Lipinski definition) is 0. The molecule has 19 heavy (non-hydrogen) atoms. The van der Waals surface area contributed by atoms with Gasteiger partial charge >= 0.3 is 0 Å². The third kappa shape index (κ3) is 3.01. The van der Waals surface area contributed by atoms with Crippen molar-refractivity contribution in [1.82, 2.24) is 4.98 Å². The molecule has 0 radical (unpaired) electrons. The molecule has 2 aromatic rings. The summed E-state index contributed by atoms with van der Waals surface area (Å²) >= 11 is 1.59. The molecule has 0 aliphatic rings. The average molecular weight is 272 g/mol. The van der Waals surface area contributed by atoms with Gasteiger partial charge in [0.1, 0.15) is 10.6 Å². The molecule has 1 aromatic carbocycles. The summed E-state index contributed by atoms with van der Waals surface area (Å²) in [5.74, 6) is 0. The molecular formula is C15H16N2OS. The second-order valence-corrected chi connectivity index (χ2v) is 5.53. The molecule has 0 saturated heterocycles. The minimum Gasteiger partial charge on any atom is -0.369 e. The van der Waals surface area contributed by atoms with Crippen LogP contribution in [0.5, 0.6) is 0 Å². The lowest BCUT2D eigenvalue weighted by Crippen LogP contribution is -2.21. The molecule has 1 heterocycles. The Bertz CT molecular complexity index is 611. The van der Waals surface area contributed by atoms with E-state index in [0.717, 1.165) is 16.3 Å². The Hall–Kier alpha value is -1.70. The summed E-state index contributed by atoms with van der Waals surface area (Å²) in [7, 11) is 0. The molecule has 0 amide bonds. The van der Waals surface area contributed by atoms with Crippen molar-refractivity contribution in [3.05, 3.63) is 40.2 Å². The van der Waals surface area contributed by atoms with E-state index in [9.17, 15) is 0 Å². The number of benzene rings is 1. The number of rotatable bonds is 4. The molecule has 0 saturated carbocycles. The summed E-state index contributed by atoms with van der Waals surface area (Å²) in [6.45, 7) is 6.67. The lowest BCUT2D eigenvalue weighted by Gasteiger charge is -2.21. The quantitative estimate of drug-likeness (QED) is 0.846. The fourth-order valence-electron chi connectivity index (χ4n) is 1.85. The van der Waals surface area contributed by atoms with Gasteiger partial charge in [0.05, 0.1) is 17.3 Å². The first kappa shape index (κ1) is 13.7. The molecular weight excluding hydrogens is 256 g/mol. The summed E-state index contributed by atoms with van der Waals surface area (Å²) in [5, 5.41) is 11.9. The Morgan fingerprint density at radius 2 is 2.21 bits per heavy atom. The topological polar surface area (TPSA) is 45.9 Å². The van der Waals surface area contributed by atoms with Gasteiger partial charge in [-0.2, -0.15) is 5.26 Å². The van der Waals surface area contributed by atoms with E-state index in [2.05, 4.69) is 11.1 Å². The highest BCUT2D eigenvalue weighted by atomic mass is 32.1. The van der Waals surface area contributed by atoms with Crippen LogP contribution in [0.1, 0.15) is 31.3 Å². The molecule has 2 rings (SSSR count). The third-order valence-electron chi connectivity index (χ3n) is 2.81. The largest absolute Gasteiger partial charge is 0.369 e. The Morgan fingerprint density at radius 3 is 2.89 bits per heavy atom. The maximum Gasteiger partial charge on any atom is 0.125 e. The standard InChI is InChI=1S/C15H16N2OS/c1-4-18-15(2,3)14-17-13(10-19-14)12-7-5-6-11(8-12)9-16/h5-8,10H,4H2,1-3H3. The van der Waals surface area contributed by atoms with Crippen molar-refractivity contribution >= 4 is 11.3 Å². The van der Waals surface area contributed by atoms with E-state index in [0.29, 0.717) is 12.2 Å². The number of aromatic nitrogens is 1. The number of nitrogens with zero attached hydrogens (tertiary/aromatic N) is 2. The van der Waals surface area contributed by atoms with Crippen LogP contribution in [-0.2, 0) is 10.3 Å². The van der Waals surface area contributed by atoms with Gasteiger partial charge in [0.2, 0.25) is 0 Å². The molecule has 98 valence electrons. The second kappa shape index (κ2) is 5.52. The van der Waals surface area contributed by atoms with Gasteiger partial charge in [-0.05, 0) is 32.9 Å². The maximum absolute atomic E-state index is 8.93. The van der Waals surface area contributed by atoms with Crippen molar-refractivity contribution in [2.24, 2.45) is 0 Å². The lowest BCUT2D eigenvalue weighted by molar-refractivity contribution is -0.0141. The van der Waals surface area contributed by atoms with Crippen molar-refractivity contribution < 1.29 is 4.74 Å². The second-order valence-electron chi connectivity index (χ2n) is 4.67. The smallest absolute Gasteiger partial charge is 0.125 e. The van der Waals surface area contributed by atoms with Crippen LogP contribution in [0.3, 0.4) is 0 Å². The molecule has 0 atom stereocenters. The number of hydrogen-bond acceptors (Lipinski definition) is 4. The highest BCUT2D eigenvalue weighted by molar-refractivity contribution is 7.10. The maximum atomic E-state index is 8.93. The van der Waals surface area contributed by atoms with E-state index in [1.54, 1.807) is 17.4 Å². The first-order valence-corrected chi connectivity index (χ1v) is 7.05. The highest BCUT2D eigenvalue weighted by Crippen LogP contribution is 2.31. The summed E-state index contributed by atoms with van der Waals surface area (Å²) in [5.41, 5.74) is 2.14. The van der Waals surface area contributed by atoms with Crippen LogP contribution in [0.2, 0.25) is 0 Å². The zero-order valence-corrected chi connectivity index (χ0v) is 12.1. The molecule has 4 heteroatoms. The number of nitriles is 1. The molecule has 0 unspecified atom stereocenters. The van der Waals surface area contributed by atoms with Crippen molar-refractivity contribution in [1.29, 1.82) is 5.26 Å². The van der Waals surface area contributed by atoms with Crippen LogP contribution >= 0.6 is 11.3 Å². The van der Waals surface area contributed by atoms with Crippen LogP contribution in [0, 0.1) is 11.3 Å². The first-order valence-electron chi connectivity index (χ1n) is 6.17. The monoisotopic (exact) mass is 272 g/mol. The van der Waals surface area contributed by atoms with E-state index < -0.39 is 0 Å². The van der Waals surface area contributed by atoms with Gasteiger partial charge < -0.3 is 4.74 Å². The molecule has 0 aliphatic heterocycles. The van der Waals surface area contributed by atoms with E-state index in [-0.39, 0.29) is 5.60 Å². The molecule has 0 fully saturated rings. The Balaban J connectivity index is 2.33. The summed E-state index contributed by atoms with van der Waals surface area (Å²) in [6.07, 6.45) is 0. The average Bonchev–Trinajstić information content (AvgIpc) is 2.89. The summed E-state index contributed by atoms with van der Waals surface area (Å²) in [4.78, 5) is 4.63. The summed E-state index contributed by atoms with van der Waals surface area (Å²) < 4.78 is 5.71. The Labute approximate surface area is 117 Å². The molecule has 0 spiro atoms. The zero-order valence-electron chi connectivity index (χ0n) is 11.3. The van der Waals surface area contributed by atoms with Crippen LogP contribution in [0.15, 0.2) is 29.6 Å². The molecule has 3 nitrogen and oxygen atoms in total. The van der Waals surface area contributed by atoms with Crippen molar-refractivity contribution in [3.8, 4) is 17.3 Å². The van der Waals surface area contributed by atoms with Gasteiger partial charge in [-0.3, -0.25) is 0 Å².